The molecule has 0 aromatic heterocycles. The molecule has 0 bridgehead atoms. The van der Waals surface area contributed by atoms with Gasteiger partial charge in [0, 0.05) is 27.6 Å². The van der Waals surface area contributed by atoms with E-state index in [9.17, 15) is 14.1 Å². The number of anilines is 1. The SMILES string of the molecule is CS(=O)c1ccc(NC(=O)NC2(CO)CCCC2)cc1. The molecule has 1 fully saturated rings. The number of aliphatic hydroxyl groups is 1. The van der Waals surface area contributed by atoms with E-state index in [0.29, 0.717) is 5.69 Å². The molecule has 2 rings (SSSR count). The summed E-state index contributed by atoms with van der Waals surface area (Å²) in [6.45, 7) is -0.0336. The van der Waals surface area contributed by atoms with Crippen molar-refractivity contribution in [1.82, 2.24) is 5.32 Å². The Balaban J connectivity index is 1.95. The Kier molecular flexibility index (Phi) is 4.77. The van der Waals surface area contributed by atoms with Gasteiger partial charge in [0.25, 0.3) is 0 Å². The van der Waals surface area contributed by atoms with Crippen LogP contribution in [-0.2, 0) is 10.8 Å². The molecule has 1 atom stereocenters. The number of urea groups is 1. The molecule has 1 aliphatic carbocycles. The summed E-state index contributed by atoms with van der Waals surface area (Å²) in [5.74, 6) is 0. The maximum atomic E-state index is 12.0. The summed E-state index contributed by atoms with van der Waals surface area (Å²) in [7, 11) is -1.02. The first-order chi connectivity index (χ1) is 9.54. The molecule has 0 heterocycles. The van der Waals surface area contributed by atoms with E-state index in [1.807, 2.05) is 0 Å². The predicted octanol–water partition coefficient (Wildman–Crippen LogP) is 1.85. The average Bonchev–Trinajstić information content (AvgIpc) is 2.88. The Bertz CT molecular complexity index is 496. The fraction of sp³-hybridized carbons (Fsp3) is 0.500. The lowest BCUT2D eigenvalue weighted by atomic mass is 9.99. The normalized spacial score (nSPS) is 18.5. The van der Waals surface area contributed by atoms with Gasteiger partial charge in [0.2, 0.25) is 0 Å². The molecule has 110 valence electrons. The van der Waals surface area contributed by atoms with Crippen molar-refractivity contribution in [1.29, 1.82) is 0 Å². The zero-order valence-corrected chi connectivity index (χ0v) is 12.3. The van der Waals surface area contributed by atoms with Crippen LogP contribution in [0.2, 0.25) is 0 Å². The van der Waals surface area contributed by atoms with Crippen LogP contribution in [0.25, 0.3) is 0 Å². The lowest BCUT2D eigenvalue weighted by molar-refractivity contribution is 0.167. The molecule has 0 saturated heterocycles. The maximum absolute atomic E-state index is 12.0. The maximum Gasteiger partial charge on any atom is 0.319 e. The number of benzene rings is 1. The minimum absolute atomic E-state index is 0.0336. The van der Waals surface area contributed by atoms with Crippen LogP contribution in [0.15, 0.2) is 29.2 Å². The predicted molar refractivity (Wildman–Crippen MR) is 79.2 cm³/mol. The number of nitrogens with one attached hydrogen (secondary N) is 2. The summed E-state index contributed by atoms with van der Waals surface area (Å²) in [6, 6.07) is 6.57. The van der Waals surface area contributed by atoms with Crippen LogP contribution in [0, 0.1) is 0 Å². The molecule has 0 radical (unpaired) electrons. The van der Waals surface area contributed by atoms with Gasteiger partial charge < -0.3 is 15.7 Å². The van der Waals surface area contributed by atoms with Gasteiger partial charge in [0.15, 0.2) is 0 Å². The van der Waals surface area contributed by atoms with Crippen molar-refractivity contribution in [2.45, 2.75) is 36.1 Å². The number of amides is 2. The van der Waals surface area contributed by atoms with Gasteiger partial charge in [0.1, 0.15) is 0 Å². The van der Waals surface area contributed by atoms with E-state index in [1.54, 1.807) is 30.5 Å². The van der Waals surface area contributed by atoms with Crippen LogP contribution in [-0.4, -0.2) is 33.7 Å². The van der Waals surface area contributed by atoms with Crippen molar-refractivity contribution in [2.75, 3.05) is 18.2 Å². The molecule has 1 saturated carbocycles. The second-order valence-corrected chi connectivity index (χ2v) is 6.58. The van der Waals surface area contributed by atoms with E-state index >= 15 is 0 Å². The number of hydrogen-bond donors (Lipinski definition) is 3. The largest absolute Gasteiger partial charge is 0.394 e. The average molecular weight is 296 g/mol. The Morgan fingerprint density at radius 3 is 2.40 bits per heavy atom. The number of rotatable bonds is 4. The third kappa shape index (κ3) is 3.58. The monoisotopic (exact) mass is 296 g/mol. The second kappa shape index (κ2) is 6.37. The molecule has 6 heteroatoms. The molecule has 2 amide bonds. The van der Waals surface area contributed by atoms with Crippen LogP contribution >= 0.6 is 0 Å². The van der Waals surface area contributed by atoms with Crippen molar-refractivity contribution in [2.24, 2.45) is 0 Å². The molecule has 1 aromatic carbocycles. The van der Waals surface area contributed by atoms with Crippen LogP contribution in [0.1, 0.15) is 25.7 Å². The van der Waals surface area contributed by atoms with Gasteiger partial charge in [-0.3, -0.25) is 4.21 Å². The first kappa shape index (κ1) is 15.0. The van der Waals surface area contributed by atoms with Crippen molar-refractivity contribution in [3.8, 4) is 0 Å². The third-order valence-corrected chi connectivity index (χ3v) is 4.62. The fourth-order valence-electron chi connectivity index (χ4n) is 2.51. The van der Waals surface area contributed by atoms with Crippen LogP contribution in [0.5, 0.6) is 0 Å². The van der Waals surface area contributed by atoms with E-state index in [1.165, 1.54) is 0 Å². The Hall–Kier alpha value is -1.40. The molecule has 0 spiro atoms. The van der Waals surface area contributed by atoms with Crippen molar-refractivity contribution < 1.29 is 14.1 Å². The first-order valence-corrected chi connectivity index (χ1v) is 8.24. The van der Waals surface area contributed by atoms with E-state index in [4.69, 9.17) is 0 Å². The highest BCUT2D eigenvalue weighted by Crippen LogP contribution is 2.29. The molecular weight excluding hydrogens is 276 g/mol. The van der Waals surface area contributed by atoms with Crippen LogP contribution in [0.4, 0.5) is 10.5 Å². The number of carbonyl (C=O) groups is 1. The minimum atomic E-state index is -1.02. The fourth-order valence-corrected chi connectivity index (χ4v) is 3.03. The topological polar surface area (TPSA) is 78.4 Å². The van der Waals surface area contributed by atoms with E-state index in [2.05, 4.69) is 10.6 Å². The lowest BCUT2D eigenvalue weighted by Gasteiger charge is -2.27. The Labute approximate surface area is 121 Å². The summed E-state index contributed by atoms with van der Waals surface area (Å²) in [4.78, 5) is 12.7. The number of carbonyl (C=O) groups excluding carboxylic acids is 1. The molecular formula is C14H20N2O3S. The molecule has 1 aliphatic rings. The molecule has 1 aromatic rings. The van der Waals surface area contributed by atoms with Gasteiger partial charge >= 0.3 is 6.03 Å². The third-order valence-electron chi connectivity index (χ3n) is 3.69. The first-order valence-electron chi connectivity index (χ1n) is 6.68. The van der Waals surface area contributed by atoms with Gasteiger partial charge in [-0.15, -0.1) is 0 Å². The quantitative estimate of drug-likeness (QED) is 0.793. The molecule has 0 aliphatic heterocycles. The van der Waals surface area contributed by atoms with E-state index in [0.717, 1.165) is 30.6 Å². The molecule has 20 heavy (non-hydrogen) atoms. The summed E-state index contributed by atoms with van der Waals surface area (Å²) in [6.07, 6.45) is 5.28. The van der Waals surface area contributed by atoms with Crippen molar-refractivity contribution in [3.63, 3.8) is 0 Å². The van der Waals surface area contributed by atoms with Crippen molar-refractivity contribution in [3.05, 3.63) is 24.3 Å². The number of aliphatic hydroxyl groups excluding tert-OH is 1. The smallest absolute Gasteiger partial charge is 0.319 e. The summed E-state index contributed by atoms with van der Waals surface area (Å²) in [5, 5.41) is 15.1. The standard InChI is InChI=1S/C14H20N2O3S/c1-20(19)12-6-4-11(5-7-12)15-13(18)16-14(10-17)8-2-3-9-14/h4-7,17H,2-3,8-10H2,1H3,(H2,15,16,18). The highest BCUT2D eigenvalue weighted by Gasteiger charge is 2.34. The summed E-state index contributed by atoms with van der Waals surface area (Å²) < 4.78 is 11.3. The summed E-state index contributed by atoms with van der Waals surface area (Å²) in [5.41, 5.74) is 0.164. The highest BCUT2D eigenvalue weighted by molar-refractivity contribution is 7.84. The van der Waals surface area contributed by atoms with E-state index < -0.39 is 16.3 Å². The molecule has 1 unspecified atom stereocenters. The molecule has 3 N–H and O–H groups in total. The number of hydrogen-bond acceptors (Lipinski definition) is 3. The van der Waals surface area contributed by atoms with Gasteiger partial charge in [-0.05, 0) is 37.1 Å². The lowest BCUT2D eigenvalue weighted by Crippen LogP contribution is -2.50. The second-order valence-electron chi connectivity index (χ2n) is 5.20. The molecule has 5 nitrogen and oxygen atoms in total. The van der Waals surface area contributed by atoms with Gasteiger partial charge in [-0.25, -0.2) is 4.79 Å². The minimum Gasteiger partial charge on any atom is -0.394 e. The van der Waals surface area contributed by atoms with E-state index in [-0.39, 0.29) is 12.6 Å². The zero-order valence-electron chi connectivity index (χ0n) is 11.5. The van der Waals surface area contributed by atoms with Gasteiger partial charge in [-0.2, -0.15) is 0 Å². The van der Waals surface area contributed by atoms with Crippen molar-refractivity contribution >= 4 is 22.5 Å². The highest BCUT2D eigenvalue weighted by atomic mass is 32.2. The van der Waals surface area contributed by atoms with Gasteiger partial charge in [-0.1, -0.05) is 12.8 Å². The Morgan fingerprint density at radius 2 is 1.90 bits per heavy atom. The van der Waals surface area contributed by atoms with Crippen LogP contribution in [0.3, 0.4) is 0 Å². The summed E-state index contributed by atoms with van der Waals surface area (Å²) >= 11 is 0. The van der Waals surface area contributed by atoms with Gasteiger partial charge in [0.05, 0.1) is 12.1 Å². The Morgan fingerprint density at radius 1 is 1.30 bits per heavy atom. The van der Waals surface area contributed by atoms with Crippen LogP contribution < -0.4 is 10.6 Å². The zero-order chi connectivity index (χ0) is 14.6.